The van der Waals surface area contributed by atoms with Crippen LogP contribution in [0.5, 0.6) is 0 Å². The van der Waals surface area contributed by atoms with E-state index in [0.717, 1.165) is 5.56 Å². The van der Waals surface area contributed by atoms with Crippen LogP contribution in [0.15, 0.2) is 51.6 Å². The van der Waals surface area contributed by atoms with Gasteiger partial charge in [-0.1, -0.05) is 30.3 Å². The molecular weight excluding hydrogens is 334 g/mol. The van der Waals surface area contributed by atoms with Gasteiger partial charge in [0.25, 0.3) is 0 Å². The molecule has 0 radical (unpaired) electrons. The Hall–Kier alpha value is -1.59. The third kappa shape index (κ3) is 2.63. The molecule has 0 bridgehead atoms. The number of aliphatic hydroxyl groups excluding tert-OH is 1. The van der Waals surface area contributed by atoms with Crippen molar-refractivity contribution in [1.29, 1.82) is 0 Å². The van der Waals surface area contributed by atoms with E-state index in [-0.39, 0.29) is 17.9 Å². The summed E-state index contributed by atoms with van der Waals surface area (Å²) in [7, 11) is 1.73. The van der Waals surface area contributed by atoms with Crippen molar-refractivity contribution >= 4 is 21.8 Å². The monoisotopic (exact) mass is 349 g/mol. The third-order valence-electron chi connectivity index (χ3n) is 4.08. The van der Waals surface area contributed by atoms with Gasteiger partial charge in [0, 0.05) is 19.4 Å². The Morgan fingerprint density at radius 2 is 2.00 bits per heavy atom. The number of likely N-dealkylation sites (tertiary alicyclic amines) is 1. The number of aliphatic hydroxyl groups is 1. The van der Waals surface area contributed by atoms with Gasteiger partial charge in [0.1, 0.15) is 11.9 Å². The van der Waals surface area contributed by atoms with Gasteiger partial charge in [-0.2, -0.15) is 0 Å². The molecule has 1 N–H and O–H groups in total. The zero-order valence-corrected chi connectivity index (χ0v) is 13.2. The molecule has 1 amide bonds. The summed E-state index contributed by atoms with van der Waals surface area (Å²) in [6.07, 6.45) is -0.442. The summed E-state index contributed by atoms with van der Waals surface area (Å²) < 4.78 is 6.02. The molecule has 2 aromatic rings. The van der Waals surface area contributed by atoms with Crippen molar-refractivity contribution in [3.05, 3.63) is 58.5 Å². The molecule has 1 aromatic carbocycles. The first kappa shape index (κ1) is 14.4. The van der Waals surface area contributed by atoms with E-state index in [1.54, 1.807) is 24.1 Å². The molecular formula is C16H16BrNO3. The third-order valence-corrected chi connectivity index (χ3v) is 4.51. The number of carbonyl (C=O) groups is 1. The normalized spacial score (nSPS) is 23.6. The largest absolute Gasteiger partial charge is 0.452 e. The number of halogens is 1. The number of amides is 1. The van der Waals surface area contributed by atoms with Crippen molar-refractivity contribution in [3.8, 4) is 0 Å². The molecule has 5 heteroatoms. The Balaban J connectivity index is 1.94. The van der Waals surface area contributed by atoms with Gasteiger partial charge in [0.15, 0.2) is 4.67 Å². The van der Waals surface area contributed by atoms with Crippen molar-refractivity contribution in [2.24, 2.45) is 0 Å². The smallest absolute Gasteiger partial charge is 0.223 e. The van der Waals surface area contributed by atoms with E-state index in [2.05, 4.69) is 15.9 Å². The Kier molecular flexibility index (Phi) is 3.87. The predicted octanol–water partition coefficient (Wildman–Crippen LogP) is 3.09. The molecule has 3 atom stereocenters. The SMILES string of the molecule is CN1C(=O)C[C@H](c2ccccc2)[C@@H]1[C@@H](O)c1ccc(Br)o1. The summed E-state index contributed by atoms with van der Waals surface area (Å²) >= 11 is 3.24. The quantitative estimate of drug-likeness (QED) is 0.926. The first-order valence-corrected chi connectivity index (χ1v) is 7.61. The van der Waals surface area contributed by atoms with Crippen LogP contribution in [0.2, 0.25) is 0 Å². The maximum Gasteiger partial charge on any atom is 0.223 e. The van der Waals surface area contributed by atoms with Gasteiger partial charge in [-0.15, -0.1) is 0 Å². The number of furan rings is 1. The Morgan fingerprint density at radius 1 is 1.29 bits per heavy atom. The highest BCUT2D eigenvalue weighted by Crippen LogP contribution is 2.40. The van der Waals surface area contributed by atoms with Gasteiger partial charge in [-0.05, 0) is 33.6 Å². The highest BCUT2D eigenvalue weighted by Gasteiger charge is 2.43. The predicted molar refractivity (Wildman–Crippen MR) is 81.7 cm³/mol. The van der Waals surface area contributed by atoms with E-state index in [0.29, 0.717) is 16.9 Å². The molecule has 2 heterocycles. The summed E-state index contributed by atoms with van der Waals surface area (Å²) in [4.78, 5) is 13.7. The van der Waals surface area contributed by atoms with E-state index in [1.165, 1.54) is 0 Å². The van der Waals surface area contributed by atoms with Crippen LogP contribution < -0.4 is 0 Å². The van der Waals surface area contributed by atoms with Gasteiger partial charge >= 0.3 is 0 Å². The van der Waals surface area contributed by atoms with Crippen molar-refractivity contribution in [1.82, 2.24) is 4.90 Å². The van der Waals surface area contributed by atoms with E-state index >= 15 is 0 Å². The van der Waals surface area contributed by atoms with Gasteiger partial charge in [-0.25, -0.2) is 0 Å². The van der Waals surface area contributed by atoms with Crippen LogP contribution in [0, 0.1) is 0 Å². The maximum atomic E-state index is 12.1. The van der Waals surface area contributed by atoms with Gasteiger partial charge in [0.05, 0.1) is 6.04 Å². The van der Waals surface area contributed by atoms with E-state index in [9.17, 15) is 9.90 Å². The Morgan fingerprint density at radius 3 is 2.62 bits per heavy atom. The fourth-order valence-corrected chi connectivity index (χ4v) is 3.31. The lowest BCUT2D eigenvalue weighted by Crippen LogP contribution is -2.36. The average Bonchev–Trinajstić information content (AvgIpc) is 3.04. The molecule has 1 fully saturated rings. The van der Waals surface area contributed by atoms with Crippen molar-refractivity contribution in [3.63, 3.8) is 0 Å². The van der Waals surface area contributed by atoms with E-state index < -0.39 is 6.10 Å². The molecule has 0 aliphatic carbocycles. The van der Waals surface area contributed by atoms with Gasteiger partial charge < -0.3 is 14.4 Å². The molecule has 0 spiro atoms. The highest BCUT2D eigenvalue weighted by atomic mass is 79.9. The number of nitrogens with zero attached hydrogens (tertiary/aromatic N) is 1. The van der Waals surface area contributed by atoms with Crippen LogP contribution >= 0.6 is 15.9 Å². The standard InChI is InChI=1S/C16H16BrNO3/c1-18-14(19)9-11(10-5-3-2-4-6-10)15(18)16(20)12-7-8-13(17)21-12/h2-8,11,15-16,20H,9H2,1H3/t11-,15-,16+/m1/s1. The molecule has 1 aliphatic heterocycles. The minimum Gasteiger partial charge on any atom is -0.452 e. The second kappa shape index (κ2) is 5.66. The number of hydrogen-bond donors (Lipinski definition) is 1. The summed E-state index contributed by atoms with van der Waals surface area (Å²) in [5, 5.41) is 10.6. The summed E-state index contributed by atoms with van der Waals surface area (Å²) in [6.45, 7) is 0. The highest BCUT2D eigenvalue weighted by molar-refractivity contribution is 9.10. The first-order chi connectivity index (χ1) is 10.1. The van der Waals surface area contributed by atoms with Crippen LogP contribution in [0.4, 0.5) is 0 Å². The van der Waals surface area contributed by atoms with Crippen molar-refractivity contribution < 1.29 is 14.3 Å². The second-order valence-corrected chi connectivity index (χ2v) is 6.08. The molecule has 0 unspecified atom stereocenters. The Bertz CT molecular complexity index is 640. The summed E-state index contributed by atoms with van der Waals surface area (Å²) in [5.74, 6) is 0.468. The van der Waals surface area contributed by atoms with Crippen LogP contribution in [0.25, 0.3) is 0 Å². The Labute approximate surface area is 131 Å². The van der Waals surface area contributed by atoms with Crippen LogP contribution in [0.1, 0.15) is 29.8 Å². The molecule has 21 heavy (non-hydrogen) atoms. The molecule has 0 saturated carbocycles. The number of benzene rings is 1. The first-order valence-electron chi connectivity index (χ1n) is 6.82. The number of carbonyl (C=O) groups excluding carboxylic acids is 1. The summed E-state index contributed by atoms with van der Waals surface area (Å²) in [6, 6.07) is 13.0. The number of hydrogen-bond acceptors (Lipinski definition) is 3. The second-order valence-electron chi connectivity index (χ2n) is 5.30. The van der Waals surface area contributed by atoms with Crippen molar-refractivity contribution in [2.75, 3.05) is 7.05 Å². The number of rotatable bonds is 3. The van der Waals surface area contributed by atoms with Crippen molar-refractivity contribution in [2.45, 2.75) is 24.5 Å². The summed E-state index contributed by atoms with van der Waals surface area (Å²) in [5.41, 5.74) is 1.06. The van der Waals surface area contributed by atoms with Crippen LogP contribution in [0.3, 0.4) is 0 Å². The fraction of sp³-hybridized carbons (Fsp3) is 0.312. The maximum absolute atomic E-state index is 12.1. The lowest BCUT2D eigenvalue weighted by Gasteiger charge is -2.28. The van der Waals surface area contributed by atoms with E-state index in [4.69, 9.17) is 4.42 Å². The minimum absolute atomic E-state index is 0.0393. The average molecular weight is 350 g/mol. The van der Waals surface area contributed by atoms with Crippen LogP contribution in [-0.2, 0) is 4.79 Å². The molecule has 3 rings (SSSR count). The van der Waals surface area contributed by atoms with E-state index in [1.807, 2.05) is 30.3 Å². The lowest BCUT2D eigenvalue weighted by molar-refractivity contribution is -0.129. The topological polar surface area (TPSA) is 53.7 Å². The van der Waals surface area contributed by atoms with Gasteiger partial charge in [-0.3, -0.25) is 4.79 Å². The minimum atomic E-state index is -0.849. The molecule has 1 aromatic heterocycles. The number of likely N-dealkylation sites (N-methyl/N-ethyl adjacent to an activating group) is 1. The lowest BCUT2D eigenvalue weighted by atomic mass is 9.88. The zero-order valence-electron chi connectivity index (χ0n) is 11.6. The molecule has 4 nitrogen and oxygen atoms in total. The molecule has 110 valence electrons. The molecule has 1 saturated heterocycles. The zero-order chi connectivity index (χ0) is 15.0. The molecule has 1 aliphatic rings. The van der Waals surface area contributed by atoms with Crippen LogP contribution in [-0.4, -0.2) is 29.0 Å². The van der Waals surface area contributed by atoms with Gasteiger partial charge in [0.2, 0.25) is 5.91 Å². The fourth-order valence-electron chi connectivity index (χ4n) is 2.99.